The molecule has 1 aromatic heterocycles. The first-order valence-electron chi connectivity index (χ1n) is 7.89. The summed E-state index contributed by atoms with van der Waals surface area (Å²) in [4.78, 5) is 16.8. The van der Waals surface area contributed by atoms with Gasteiger partial charge in [0.05, 0.1) is 12.1 Å². The van der Waals surface area contributed by atoms with Gasteiger partial charge < -0.3 is 14.8 Å². The summed E-state index contributed by atoms with van der Waals surface area (Å²) in [5.41, 5.74) is 3.66. The fourth-order valence-corrected chi connectivity index (χ4v) is 3.43. The van der Waals surface area contributed by atoms with Gasteiger partial charge in [0.2, 0.25) is 12.7 Å². The Morgan fingerprint density at radius 2 is 2.04 bits per heavy atom. The molecule has 2 heterocycles. The maximum absolute atomic E-state index is 12.3. The van der Waals surface area contributed by atoms with E-state index in [0.717, 1.165) is 39.0 Å². The molecule has 2 aromatic carbocycles. The maximum Gasteiger partial charge on any atom is 0.231 e. The van der Waals surface area contributed by atoms with Crippen molar-refractivity contribution in [2.45, 2.75) is 13.3 Å². The van der Waals surface area contributed by atoms with Crippen molar-refractivity contribution in [2.24, 2.45) is 0 Å². The second kappa shape index (κ2) is 6.57. The Hall–Kier alpha value is -2.86. The SMILES string of the molecule is Cc1ccccc1NC(=O)Cc1nc(-c2ccc3c(c2)OCO3)cs1. The van der Waals surface area contributed by atoms with E-state index in [1.807, 2.05) is 54.8 Å². The average molecular weight is 352 g/mol. The first-order chi connectivity index (χ1) is 12.2. The number of ether oxygens (including phenoxy) is 2. The summed E-state index contributed by atoms with van der Waals surface area (Å²) >= 11 is 1.48. The molecule has 25 heavy (non-hydrogen) atoms. The summed E-state index contributed by atoms with van der Waals surface area (Å²) in [6, 6.07) is 13.5. The molecule has 0 unspecified atom stereocenters. The lowest BCUT2D eigenvalue weighted by atomic mass is 10.1. The minimum atomic E-state index is -0.0686. The van der Waals surface area contributed by atoms with E-state index in [1.54, 1.807) is 0 Å². The zero-order chi connectivity index (χ0) is 17.2. The van der Waals surface area contributed by atoms with Crippen molar-refractivity contribution in [2.75, 3.05) is 12.1 Å². The predicted molar refractivity (Wildman–Crippen MR) is 97.2 cm³/mol. The Balaban J connectivity index is 1.46. The number of nitrogens with one attached hydrogen (secondary N) is 1. The minimum absolute atomic E-state index is 0.0686. The number of carbonyl (C=O) groups excluding carboxylic acids is 1. The Bertz CT molecular complexity index is 936. The van der Waals surface area contributed by atoms with Crippen LogP contribution in [0.15, 0.2) is 47.8 Å². The molecule has 5 nitrogen and oxygen atoms in total. The van der Waals surface area contributed by atoms with Crippen molar-refractivity contribution in [1.29, 1.82) is 0 Å². The van der Waals surface area contributed by atoms with Gasteiger partial charge in [-0.1, -0.05) is 18.2 Å². The number of benzene rings is 2. The summed E-state index contributed by atoms with van der Waals surface area (Å²) in [6.45, 7) is 2.22. The number of carbonyl (C=O) groups is 1. The molecular weight excluding hydrogens is 336 g/mol. The molecule has 0 radical (unpaired) electrons. The van der Waals surface area contributed by atoms with Crippen molar-refractivity contribution in [3.8, 4) is 22.8 Å². The zero-order valence-corrected chi connectivity index (χ0v) is 14.4. The molecule has 1 amide bonds. The fraction of sp³-hybridized carbons (Fsp3) is 0.158. The van der Waals surface area contributed by atoms with Gasteiger partial charge in [-0.25, -0.2) is 4.98 Å². The molecule has 0 atom stereocenters. The van der Waals surface area contributed by atoms with E-state index in [9.17, 15) is 4.79 Å². The van der Waals surface area contributed by atoms with Gasteiger partial charge in [-0.15, -0.1) is 11.3 Å². The number of rotatable bonds is 4. The monoisotopic (exact) mass is 352 g/mol. The van der Waals surface area contributed by atoms with Crippen LogP contribution in [-0.4, -0.2) is 17.7 Å². The summed E-state index contributed by atoms with van der Waals surface area (Å²) < 4.78 is 10.7. The third kappa shape index (κ3) is 3.34. The lowest BCUT2D eigenvalue weighted by Crippen LogP contribution is -2.14. The summed E-state index contributed by atoms with van der Waals surface area (Å²) in [7, 11) is 0. The van der Waals surface area contributed by atoms with Crippen molar-refractivity contribution in [3.05, 3.63) is 58.4 Å². The zero-order valence-electron chi connectivity index (χ0n) is 13.6. The number of hydrogen-bond donors (Lipinski definition) is 1. The van der Waals surface area contributed by atoms with Crippen LogP contribution < -0.4 is 14.8 Å². The third-order valence-electron chi connectivity index (χ3n) is 3.95. The summed E-state index contributed by atoms with van der Waals surface area (Å²) in [5.74, 6) is 1.40. The number of amides is 1. The van der Waals surface area contributed by atoms with Crippen LogP contribution in [0.25, 0.3) is 11.3 Å². The Kier molecular flexibility index (Phi) is 4.11. The molecule has 0 fully saturated rings. The number of aromatic nitrogens is 1. The highest BCUT2D eigenvalue weighted by Gasteiger charge is 2.16. The Morgan fingerprint density at radius 3 is 2.92 bits per heavy atom. The molecule has 6 heteroatoms. The topological polar surface area (TPSA) is 60.5 Å². The summed E-state index contributed by atoms with van der Waals surface area (Å²) in [6.07, 6.45) is 0.254. The number of nitrogens with zero attached hydrogens (tertiary/aromatic N) is 1. The molecule has 0 saturated carbocycles. The predicted octanol–water partition coefficient (Wildman–Crippen LogP) is 4.03. The van der Waals surface area contributed by atoms with Crippen molar-refractivity contribution in [3.63, 3.8) is 0 Å². The molecule has 1 aliphatic rings. The van der Waals surface area contributed by atoms with E-state index in [2.05, 4.69) is 10.3 Å². The van der Waals surface area contributed by atoms with E-state index in [4.69, 9.17) is 9.47 Å². The summed E-state index contributed by atoms with van der Waals surface area (Å²) in [5, 5.41) is 5.66. The van der Waals surface area contributed by atoms with E-state index in [-0.39, 0.29) is 19.1 Å². The van der Waals surface area contributed by atoms with Gasteiger partial charge in [-0.2, -0.15) is 0 Å². The number of thiazole rings is 1. The number of aryl methyl sites for hydroxylation is 1. The number of fused-ring (bicyclic) bond motifs is 1. The second-order valence-corrected chi connectivity index (χ2v) is 6.68. The van der Waals surface area contributed by atoms with Crippen LogP contribution in [0.5, 0.6) is 11.5 Å². The van der Waals surface area contributed by atoms with Crippen LogP contribution in [0.4, 0.5) is 5.69 Å². The van der Waals surface area contributed by atoms with Crippen molar-refractivity contribution >= 4 is 22.9 Å². The van der Waals surface area contributed by atoms with E-state index in [0.29, 0.717) is 0 Å². The first kappa shape index (κ1) is 15.7. The van der Waals surface area contributed by atoms with Crippen LogP contribution in [-0.2, 0) is 11.2 Å². The van der Waals surface area contributed by atoms with E-state index in [1.165, 1.54) is 11.3 Å². The van der Waals surface area contributed by atoms with Crippen LogP contribution in [0.1, 0.15) is 10.6 Å². The standard InChI is InChI=1S/C19H16N2O3S/c1-12-4-2-3-5-14(12)20-18(22)9-19-21-15(10-25-19)13-6-7-16-17(8-13)24-11-23-16/h2-8,10H,9,11H2,1H3,(H,20,22). The van der Waals surface area contributed by atoms with Gasteiger partial charge in [-0.3, -0.25) is 4.79 Å². The third-order valence-corrected chi connectivity index (χ3v) is 4.80. The Labute approximate surface area is 149 Å². The largest absolute Gasteiger partial charge is 0.454 e. The highest BCUT2D eigenvalue weighted by atomic mass is 32.1. The second-order valence-electron chi connectivity index (χ2n) is 5.73. The maximum atomic E-state index is 12.3. The molecular formula is C19H16N2O3S. The number of para-hydroxylation sites is 1. The van der Waals surface area contributed by atoms with Gasteiger partial charge in [-0.05, 0) is 36.8 Å². The molecule has 4 rings (SSSR count). The molecule has 0 aliphatic carbocycles. The van der Waals surface area contributed by atoms with Crippen LogP contribution in [0, 0.1) is 6.92 Å². The molecule has 1 aliphatic heterocycles. The molecule has 126 valence electrons. The van der Waals surface area contributed by atoms with E-state index < -0.39 is 0 Å². The highest BCUT2D eigenvalue weighted by molar-refractivity contribution is 7.10. The first-order valence-corrected chi connectivity index (χ1v) is 8.77. The molecule has 1 N–H and O–H groups in total. The molecule has 0 saturated heterocycles. The van der Waals surface area contributed by atoms with Crippen LogP contribution in [0.2, 0.25) is 0 Å². The van der Waals surface area contributed by atoms with E-state index >= 15 is 0 Å². The highest BCUT2D eigenvalue weighted by Crippen LogP contribution is 2.36. The van der Waals surface area contributed by atoms with Crippen LogP contribution in [0.3, 0.4) is 0 Å². The quantitative estimate of drug-likeness (QED) is 0.770. The Morgan fingerprint density at radius 1 is 1.20 bits per heavy atom. The lowest BCUT2D eigenvalue weighted by molar-refractivity contribution is -0.115. The fourth-order valence-electron chi connectivity index (χ4n) is 2.63. The van der Waals surface area contributed by atoms with Crippen LogP contribution >= 0.6 is 11.3 Å². The van der Waals surface area contributed by atoms with Gasteiger partial charge in [0, 0.05) is 16.6 Å². The van der Waals surface area contributed by atoms with Gasteiger partial charge >= 0.3 is 0 Å². The van der Waals surface area contributed by atoms with Gasteiger partial charge in [0.1, 0.15) is 5.01 Å². The smallest absolute Gasteiger partial charge is 0.231 e. The lowest BCUT2D eigenvalue weighted by Gasteiger charge is -2.06. The van der Waals surface area contributed by atoms with Crippen molar-refractivity contribution < 1.29 is 14.3 Å². The average Bonchev–Trinajstić information content (AvgIpc) is 3.25. The van der Waals surface area contributed by atoms with Crippen molar-refractivity contribution in [1.82, 2.24) is 4.98 Å². The minimum Gasteiger partial charge on any atom is -0.454 e. The van der Waals surface area contributed by atoms with Gasteiger partial charge in [0.15, 0.2) is 11.5 Å². The normalized spacial score (nSPS) is 12.2. The molecule has 0 spiro atoms. The van der Waals surface area contributed by atoms with Gasteiger partial charge in [0.25, 0.3) is 0 Å². The molecule has 0 bridgehead atoms. The number of hydrogen-bond acceptors (Lipinski definition) is 5. The number of anilines is 1. The molecule has 3 aromatic rings.